The number of carbonyl (C=O) groups is 2. The van der Waals surface area contributed by atoms with Gasteiger partial charge in [0.2, 0.25) is 5.91 Å². The summed E-state index contributed by atoms with van der Waals surface area (Å²) in [7, 11) is 0. The average molecular weight is 262 g/mol. The molecule has 19 heavy (non-hydrogen) atoms. The second-order valence-electron chi connectivity index (χ2n) is 5.11. The third-order valence-corrected chi connectivity index (χ3v) is 2.88. The summed E-state index contributed by atoms with van der Waals surface area (Å²) in [6.45, 7) is 4.59. The normalized spacial score (nSPS) is 15.3. The summed E-state index contributed by atoms with van der Waals surface area (Å²) in [6.07, 6.45) is 0. The maximum absolute atomic E-state index is 11.7. The number of hydrogen-bond acceptors (Lipinski definition) is 3. The highest BCUT2D eigenvalue weighted by atomic mass is 16.2. The van der Waals surface area contributed by atoms with E-state index in [1.807, 2.05) is 0 Å². The van der Waals surface area contributed by atoms with E-state index in [0.717, 1.165) is 5.69 Å². The standard InChI is InChI=1S/C13H18N4O2/c1-13(2,14)11(18)16-9-3-5-10(6-4-9)17-8-7-15-12(17)19/h3-6H,7-8,14H2,1-2H3,(H,15,19)(H,16,18). The number of anilines is 2. The van der Waals surface area contributed by atoms with Crippen molar-refractivity contribution in [3.63, 3.8) is 0 Å². The fraction of sp³-hybridized carbons (Fsp3) is 0.385. The summed E-state index contributed by atoms with van der Waals surface area (Å²) in [5, 5.41) is 5.46. The summed E-state index contributed by atoms with van der Waals surface area (Å²) in [5.41, 5.74) is 6.24. The second-order valence-corrected chi connectivity index (χ2v) is 5.11. The molecule has 0 aliphatic carbocycles. The Morgan fingerprint density at radius 2 is 2.00 bits per heavy atom. The first-order chi connectivity index (χ1) is 8.88. The lowest BCUT2D eigenvalue weighted by atomic mass is 10.1. The quantitative estimate of drug-likeness (QED) is 0.756. The fourth-order valence-electron chi connectivity index (χ4n) is 1.73. The number of nitrogens with two attached hydrogens (primary N) is 1. The molecule has 1 fully saturated rings. The Bertz CT molecular complexity index is 490. The van der Waals surface area contributed by atoms with Crippen molar-refractivity contribution in [3.05, 3.63) is 24.3 Å². The molecule has 1 heterocycles. The van der Waals surface area contributed by atoms with Crippen molar-refractivity contribution < 1.29 is 9.59 Å². The molecule has 0 aromatic heterocycles. The lowest BCUT2D eigenvalue weighted by Crippen LogP contribution is -2.45. The van der Waals surface area contributed by atoms with Crippen LogP contribution in [0.15, 0.2) is 24.3 Å². The highest BCUT2D eigenvalue weighted by molar-refractivity contribution is 5.98. The van der Waals surface area contributed by atoms with Gasteiger partial charge >= 0.3 is 6.03 Å². The predicted octanol–water partition coefficient (Wildman–Crippen LogP) is 0.892. The highest BCUT2D eigenvalue weighted by Gasteiger charge is 2.23. The lowest BCUT2D eigenvalue weighted by molar-refractivity contribution is -0.120. The lowest BCUT2D eigenvalue weighted by Gasteiger charge is -2.18. The van der Waals surface area contributed by atoms with Crippen molar-refractivity contribution in [2.45, 2.75) is 19.4 Å². The van der Waals surface area contributed by atoms with Gasteiger partial charge in [0.1, 0.15) is 0 Å². The van der Waals surface area contributed by atoms with Crippen molar-refractivity contribution in [1.82, 2.24) is 5.32 Å². The van der Waals surface area contributed by atoms with Gasteiger partial charge in [0.25, 0.3) is 0 Å². The minimum atomic E-state index is -0.923. The molecule has 102 valence electrons. The molecule has 0 bridgehead atoms. The summed E-state index contributed by atoms with van der Waals surface area (Å²) in [6, 6.07) is 7.00. The number of amides is 3. The Morgan fingerprint density at radius 1 is 1.37 bits per heavy atom. The smallest absolute Gasteiger partial charge is 0.321 e. The van der Waals surface area contributed by atoms with E-state index in [4.69, 9.17) is 5.73 Å². The number of hydrogen-bond donors (Lipinski definition) is 3. The van der Waals surface area contributed by atoms with E-state index in [9.17, 15) is 9.59 Å². The maximum atomic E-state index is 11.7. The van der Waals surface area contributed by atoms with E-state index in [-0.39, 0.29) is 11.9 Å². The zero-order chi connectivity index (χ0) is 14.0. The molecule has 4 N–H and O–H groups in total. The van der Waals surface area contributed by atoms with Crippen molar-refractivity contribution in [2.75, 3.05) is 23.3 Å². The van der Waals surface area contributed by atoms with E-state index in [1.165, 1.54) is 0 Å². The van der Waals surface area contributed by atoms with Crippen LogP contribution < -0.4 is 21.3 Å². The molecule has 0 atom stereocenters. The van der Waals surface area contributed by atoms with Gasteiger partial charge in [0, 0.05) is 24.5 Å². The van der Waals surface area contributed by atoms with Crippen LogP contribution in [0.4, 0.5) is 16.2 Å². The number of nitrogens with one attached hydrogen (secondary N) is 2. The molecule has 1 aliphatic heterocycles. The van der Waals surface area contributed by atoms with Crippen molar-refractivity contribution in [3.8, 4) is 0 Å². The SMILES string of the molecule is CC(C)(N)C(=O)Nc1ccc(N2CCNC2=O)cc1. The van der Waals surface area contributed by atoms with Gasteiger partial charge in [-0.15, -0.1) is 0 Å². The van der Waals surface area contributed by atoms with Crippen LogP contribution in [0.2, 0.25) is 0 Å². The van der Waals surface area contributed by atoms with Gasteiger partial charge in [-0.3, -0.25) is 9.69 Å². The van der Waals surface area contributed by atoms with Gasteiger partial charge in [-0.05, 0) is 38.1 Å². The molecule has 2 rings (SSSR count). The summed E-state index contributed by atoms with van der Waals surface area (Å²) in [4.78, 5) is 24.9. The van der Waals surface area contributed by atoms with E-state index in [0.29, 0.717) is 18.8 Å². The molecular weight excluding hydrogens is 244 g/mol. The Hall–Kier alpha value is -2.08. The minimum Gasteiger partial charge on any atom is -0.336 e. The van der Waals surface area contributed by atoms with E-state index in [1.54, 1.807) is 43.0 Å². The molecule has 0 saturated carbocycles. The maximum Gasteiger partial charge on any atom is 0.321 e. The molecule has 0 radical (unpaired) electrons. The predicted molar refractivity (Wildman–Crippen MR) is 74.1 cm³/mol. The van der Waals surface area contributed by atoms with Crippen molar-refractivity contribution in [2.24, 2.45) is 5.73 Å². The zero-order valence-electron chi connectivity index (χ0n) is 11.1. The van der Waals surface area contributed by atoms with Gasteiger partial charge in [-0.2, -0.15) is 0 Å². The van der Waals surface area contributed by atoms with Gasteiger partial charge < -0.3 is 16.4 Å². The van der Waals surface area contributed by atoms with Gasteiger partial charge in [-0.1, -0.05) is 0 Å². The molecule has 6 nitrogen and oxygen atoms in total. The first kappa shape index (κ1) is 13.4. The molecule has 1 saturated heterocycles. The molecule has 1 aliphatic rings. The van der Waals surface area contributed by atoms with Crippen LogP contribution in [0.25, 0.3) is 0 Å². The summed E-state index contributed by atoms with van der Waals surface area (Å²) >= 11 is 0. The third-order valence-electron chi connectivity index (χ3n) is 2.88. The van der Waals surface area contributed by atoms with Crippen LogP contribution in [0.5, 0.6) is 0 Å². The van der Waals surface area contributed by atoms with E-state index < -0.39 is 5.54 Å². The van der Waals surface area contributed by atoms with E-state index >= 15 is 0 Å². The second kappa shape index (κ2) is 4.89. The summed E-state index contributed by atoms with van der Waals surface area (Å²) < 4.78 is 0. The molecule has 0 spiro atoms. The van der Waals surface area contributed by atoms with Crippen LogP contribution in [0.1, 0.15) is 13.8 Å². The number of carbonyl (C=O) groups excluding carboxylic acids is 2. The van der Waals surface area contributed by atoms with Crippen LogP contribution in [0, 0.1) is 0 Å². The van der Waals surface area contributed by atoms with Crippen molar-refractivity contribution >= 4 is 23.3 Å². The molecule has 1 aromatic carbocycles. The number of rotatable bonds is 3. The van der Waals surface area contributed by atoms with Crippen molar-refractivity contribution in [1.29, 1.82) is 0 Å². The fourth-order valence-corrected chi connectivity index (χ4v) is 1.73. The monoisotopic (exact) mass is 262 g/mol. The average Bonchev–Trinajstić information content (AvgIpc) is 2.75. The van der Waals surface area contributed by atoms with Crippen LogP contribution in [-0.2, 0) is 4.79 Å². The molecular formula is C13H18N4O2. The van der Waals surface area contributed by atoms with Gasteiger partial charge in [-0.25, -0.2) is 4.79 Å². The first-order valence-corrected chi connectivity index (χ1v) is 6.14. The van der Waals surface area contributed by atoms with Gasteiger partial charge in [0.15, 0.2) is 0 Å². The van der Waals surface area contributed by atoms with Crippen LogP contribution in [0.3, 0.4) is 0 Å². The molecule has 1 aromatic rings. The zero-order valence-corrected chi connectivity index (χ0v) is 11.1. The summed E-state index contributed by atoms with van der Waals surface area (Å²) in [5.74, 6) is -0.251. The van der Waals surface area contributed by atoms with Crippen LogP contribution >= 0.6 is 0 Å². The third kappa shape index (κ3) is 3.03. The molecule has 6 heteroatoms. The van der Waals surface area contributed by atoms with Crippen LogP contribution in [-0.4, -0.2) is 30.6 Å². The van der Waals surface area contributed by atoms with Gasteiger partial charge in [0.05, 0.1) is 5.54 Å². The Kier molecular flexibility index (Phi) is 3.44. The van der Waals surface area contributed by atoms with E-state index in [2.05, 4.69) is 10.6 Å². The minimum absolute atomic E-state index is 0.0973. The Balaban J connectivity index is 2.07. The number of benzene rings is 1. The number of urea groups is 1. The largest absolute Gasteiger partial charge is 0.336 e. The topological polar surface area (TPSA) is 87.5 Å². The Labute approximate surface area is 112 Å². The molecule has 3 amide bonds. The highest BCUT2D eigenvalue weighted by Crippen LogP contribution is 2.19. The Morgan fingerprint density at radius 3 is 2.47 bits per heavy atom. The number of nitrogens with zero attached hydrogens (tertiary/aromatic N) is 1. The first-order valence-electron chi connectivity index (χ1n) is 6.14. The molecule has 0 unspecified atom stereocenters.